The van der Waals surface area contributed by atoms with Crippen LogP contribution in [-0.2, 0) is 16.4 Å². The lowest BCUT2D eigenvalue weighted by Gasteiger charge is -2.33. The van der Waals surface area contributed by atoms with Crippen LogP contribution in [0, 0.1) is 25.5 Å². The Balaban J connectivity index is 1.44. The second-order valence-electron chi connectivity index (χ2n) is 7.74. The quantitative estimate of drug-likeness (QED) is 0.571. The van der Waals surface area contributed by atoms with Crippen LogP contribution in [0.5, 0.6) is 0 Å². The average molecular weight is 464 g/mol. The third kappa shape index (κ3) is 4.63. The lowest BCUT2D eigenvalue weighted by Crippen LogP contribution is -2.49. The van der Waals surface area contributed by atoms with Gasteiger partial charge in [0.05, 0.1) is 5.69 Å². The van der Waals surface area contributed by atoms with Crippen molar-refractivity contribution in [3.8, 4) is 0 Å². The molecule has 0 N–H and O–H groups in total. The maximum atomic E-state index is 14.0. The van der Waals surface area contributed by atoms with E-state index >= 15 is 0 Å². The van der Waals surface area contributed by atoms with E-state index in [9.17, 15) is 17.2 Å². The number of thiazole rings is 1. The largest absolute Gasteiger partial charge is 0.345 e. The SMILES string of the molecule is Cc1cc(C)cc(Cc2csc(N3CCN(S(=O)(=O)c4c(F)cccc4F)CC3)n2)c1. The van der Waals surface area contributed by atoms with E-state index in [2.05, 4.69) is 32.0 Å². The molecule has 1 saturated heterocycles. The number of sulfonamides is 1. The number of piperazine rings is 1. The van der Waals surface area contributed by atoms with Crippen molar-refractivity contribution >= 4 is 26.5 Å². The van der Waals surface area contributed by atoms with Crippen molar-refractivity contribution in [2.24, 2.45) is 0 Å². The normalized spacial score (nSPS) is 15.4. The minimum atomic E-state index is -4.23. The molecule has 1 aliphatic rings. The van der Waals surface area contributed by atoms with E-state index in [1.165, 1.54) is 28.0 Å². The number of aryl methyl sites for hydroxylation is 2. The molecule has 0 amide bonds. The zero-order valence-electron chi connectivity index (χ0n) is 17.3. The van der Waals surface area contributed by atoms with Gasteiger partial charge in [0.25, 0.3) is 0 Å². The van der Waals surface area contributed by atoms with Crippen molar-refractivity contribution in [3.63, 3.8) is 0 Å². The zero-order chi connectivity index (χ0) is 22.2. The van der Waals surface area contributed by atoms with Gasteiger partial charge in [-0.15, -0.1) is 11.3 Å². The van der Waals surface area contributed by atoms with E-state index in [4.69, 9.17) is 4.98 Å². The van der Waals surface area contributed by atoms with Gasteiger partial charge in [-0.1, -0.05) is 35.4 Å². The molecule has 0 radical (unpaired) electrons. The molecule has 1 aliphatic heterocycles. The molecule has 0 unspecified atom stereocenters. The molecule has 2 heterocycles. The second kappa shape index (κ2) is 8.64. The van der Waals surface area contributed by atoms with Crippen molar-refractivity contribution < 1.29 is 17.2 Å². The number of rotatable bonds is 5. The van der Waals surface area contributed by atoms with Gasteiger partial charge in [-0.2, -0.15) is 4.31 Å². The number of halogens is 2. The first-order valence-electron chi connectivity index (χ1n) is 9.95. The lowest BCUT2D eigenvalue weighted by atomic mass is 10.0. The molecule has 0 atom stereocenters. The van der Waals surface area contributed by atoms with Gasteiger partial charge in [0.15, 0.2) is 10.0 Å². The summed E-state index contributed by atoms with van der Waals surface area (Å²) in [5.74, 6) is -2.14. The number of nitrogens with zero attached hydrogens (tertiary/aromatic N) is 3. The van der Waals surface area contributed by atoms with Gasteiger partial charge >= 0.3 is 0 Å². The molecular formula is C22H23F2N3O2S2. The molecule has 9 heteroatoms. The highest BCUT2D eigenvalue weighted by Crippen LogP contribution is 2.27. The Morgan fingerprint density at radius 2 is 1.61 bits per heavy atom. The van der Waals surface area contributed by atoms with Gasteiger partial charge in [0.1, 0.15) is 11.6 Å². The number of benzene rings is 2. The van der Waals surface area contributed by atoms with E-state index in [0.29, 0.717) is 13.1 Å². The van der Waals surface area contributed by atoms with Gasteiger partial charge in [0, 0.05) is 38.0 Å². The van der Waals surface area contributed by atoms with Crippen LogP contribution >= 0.6 is 11.3 Å². The Bertz CT molecular complexity index is 1160. The van der Waals surface area contributed by atoms with Crippen LogP contribution in [0.4, 0.5) is 13.9 Å². The maximum absolute atomic E-state index is 14.0. The Hall–Kier alpha value is -2.36. The second-order valence-corrected chi connectivity index (χ2v) is 10.4. The predicted octanol–water partition coefficient (Wildman–Crippen LogP) is 4.14. The van der Waals surface area contributed by atoms with Gasteiger partial charge in [-0.05, 0) is 31.5 Å². The summed E-state index contributed by atoms with van der Waals surface area (Å²) < 4.78 is 54.7. The predicted molar refractivity (Wildman–Crippen MR) is 118 cm³/mol. The summed E-state index contributed by atoms with van der Waals surface area (Å²) in [5, 5.41) is 2.85. The van der Waals surface area contributed by atoms with E-state index in [1.807, 2.05) is 10.3 Å². The molecule has 0 saturated carbocycles. The summed E-state index contributed by atoms with van der Waals surface area (Å²) in [7, 11) is -4.23. The molecule has 0 bridgehead atoms. The number of hydrogen-bond acceptors (Lipinski definition) is 5. The van der Waals surface area contributed by atoms with Crippen molar-refractivity contribution in [2.45, 2.75) is 25.2 Å². The Kier molecular flexibility index (Phi) is 6.09. The first kappa shape index (κ1) is 21.9. The highest BCUT2D eigenvalue weighted by atomic mass is 32.2. The molecule has 4 rings (SSSR count). The molecular weight excluding hydrogens is 440 g/mol. The van der Waals surface area contributed by atoms with Crippen LogP contribution in [0.2, 0.25) is 0 Å². The fourth-order valence-corrected chi connectivity index (χ4v) is 6.29. The summed E-state index contributed by atoms with van der Waals surface area (Å²) in [6.45, 7) is 5.25. The summed E-state index contributed by atoms with van der Waals surface area (Å²) in [6, 6.07) is 9.50. The molecule has 31 heavy (non-hydrogen) atoms. The molecule has 1 fully saturated rings. The zero-order valence-corrected chi connectivity index (χ0v) is 18.9. The van der Waals surface area contributed by atoms with Crippen LogP contribution in [0.15, 0.2) is 46.7 Å². The van der Waals surface area contributed by atoms with Crippen LogP contribution < -0.4 is 4.90 Å². The highest BCUT2D eigenvalue weighted by molar-refractivity contribution is 7.89. The van der Waals surface area contributed by atoms with Gasteiger partial charge < -0.3 is 4.90 Å². The van der Waals surface area contributed by atoms with E-state index < -0.39 is 26.6 Å². The van der Waals surface area contributed by atoms with E-state index in [-0.39, 0.29) is 13.1 Å². The van der Waals surface area contributed by atoms with Crippen LogP contribution in [-0.4, -0.2) is 43.9 Å². The monoisotopic (exact) mass is 463 g/mol. The van der Waals surface area contributed by atoms with Crippen LogP contribution in [0.1, 0.15) is 22.4 Å². The lowest BCUT2D eigenvalue weighted by molar-refractivity contribution is 0.378. The third-order valence-electron chi connectivity index (χ3n) is 5.23. The number of anilines is 1. The Morgan fingerprint density at radius 1 is 1.00 bits per heavy atom. The minimum absolute atomic E-state index is 0.141. The topological polar surface area (TPSA) is 53.5 Å². The summed E-state index contributed by atoms with van der Waals surface area (Å²) in [5.41, 5.74) is 4.61. The van der Waals surface area contributed by atoms with Gasteiger partial charge in [-0.25, -0.2) is 22.2 Å². The van der Waals surface area contributed by atoms with E-state index in [0.717, 1.165) is 39.8 Å². The third-order valence-corrected chi connectivity index (χ3v) is 8.13. The first-order chi connectivity index (χ1) is 14.7. The fraction of sp³-hybridized carbons (Fsp3) is 0.318. The smallest absolute Gasteiger partial charge is 0.249 e. The van der Waals surface area contributed by atoms with Crippen molar-refractivity contribution in [1.29, 1.82) is 0 Å². The average Bonchev–Trinajstić information content (AvgIpc) is 3.15. The molecule has 1 aromatic heterocycles. The maximum Gasteiger partial charge on any atom is 0.249 e. The molecule has 0 spiro atoms. The Morgan fingerprint density at radius 3 is 2.23 bits per heavy atom. The molecule has 3 aromatic rings. The summed E-state index contributed by atoms with van der Waals surface area (Å²) in [4.78, 5) is 5.85. The number of hydrogen-bond donors (Lipinski definition) is 0. The molecule has 2 aromatic carbocycles. The first-order valence-corrected chi connectivity index (χ1v) is 12.3. The van der Waals surface area contributed by atoms with Crippen LogP contribution in [0.25, 0.3) is 0 Å². The van der Waals surface area contributed by atoms with E-state index in [1.54, 1.807) is 0 Å². The van der Waals surface area contributed by atoms with Crippen molar-refractivity contribution in [3.05, 3.63) is 75.8 Å². The van der Waals surface area contributed by atoms with Crippen LogP contribution in [0.3, 0.4) is 0 Å². The Labute approximate surface area is 185 Å². The summed E-state index contributed by atoms with van der Waals surface area (Å²) in [6.07, 6.45) is 0.736. The fourth-order valence-electron chi connectivity index (χ4n) is 3.88. The van der Waals surface area contributed by atoms with Gasteiger partial charge in [0.2, 0.25) is 10.0 Å². The van der Waals surface area contributed by atoms with Crippen molar-refractivity contribution in [2.75, 3.05) is 31.1 Å². The van der Waals surface area contributed by atoms with Crippen molar-refractivity contribution in [1.82, 2.24) is 9.29 Å². The van der Waals surface area contributed by atoms with Gasteiger partial charge in [-0.3, -0.25) is 0 Å². The highest BCUT2D eigenvalue weighted by Gasteiger charge is 2.33. The summed E-state index contributed by atoms with van der Waals surface area (Å²) >= 11 is 1.52. The standard InChI is InChI=1S/C22H23F2N3O2S2/c1-15-10-16(2)12-17(11-15)13-18-14-30-22(25-18)26-6-8-27(9-7-26)31(28,29)21-19(23)4-3-5-20(21)24/h3-5,10-12,14H,6-9,13H2,1-2H3. The molecule has 164 valence electrons. The number of aromatic nitrogens is 1. The molecule has 0 aliphatic carbocycles. The minimum Gasteiger partial charge on any atom is -0.345 e. The molecule has 5 nitrogen and oxygen atoms in total.